The molecule has 1 heterocycles. The van der Waals surface area contributed by atoms with Crippen LogP contribution in [0.3, 0.4) is 0 Å². The highest BCUT2D eigenvalue weighted by Crippen LogP contribution is 2.42. The van der Waals surface area contributed by atoms with E-state index < -0.39 is 0 Å². The molecular formula is C16H25N3O. The predicted molar refractivity (Wildman–Crippen MR) is 80.0 cm³/mol. The van der Waals surface area contributed by atoms with Crippen LogP contribution in [-0.2, 0) is 23.2 Å². The lowest BCUT2D eigenvalue weighted by Gasteiger charge is -2.28. The topological polar surface area (TPSA) is 47.0 Å². The molecule has 20 heavy (non-hydrogen) atoms. The Morgan fingerprint density at radius 2 is 1.90 bits per heavy atom. The fourth-order valence-corrected chi connectivity index (χ4v) is 3.60. The Kier molecular flexibility index (Phi) is 3.92. The summed E-state index contributed by atoms with van der Waals surface area (Å²) in [7, 11) is 0. The summed E-state index contributed by atoms with van der Waals surface area (Å²) in [4.78, 5) is 9.75. The van der Waals surface area contributed by atoms with Crippen LogP contribution in [0.15, 0.2) is 0 Å². The third kappa shape index (κ3) is 2.30. The van der Waals surface area contributed by atoms with Crippen LogP contribution in [0.1, 0.15) is 63.0 Å². The van der Waals surface area contributed by atoms with E-state index in [-0.39, 0.29) is 5.60 Å². The number of nitrogens with one attached hydrogen (secondary N) is 1. The maximum Gasteiger partial charge on any atom is 0.162 e. The zero-order valence-corrected chi connectivity index (χ0v) is 12.7. The number of ether oxygens (including phenoxy) is 1. The van der Waals surface area contributed by atoms with Crippen LogP contribution in [0.4, 0.5) is 5.82 Å². The first-order valence-corrected chi connectivity index (χ1v) is 8.07. The highest BCUT2D eigenvalue weighted by Gasteiger charge is 2.40. The number of anilines is 1. The van der Waals surface area contributed by atoms with Gasteiger partial charge in [-0.25, -0.2) is 9.97 Å². The lowest BCUT2D eigenvalue weighted by molar-refractivity contribution is -0.0457. The molecule has 0 aromatic carbocycles. The van der Waals surface area contributed by atoms with Gasteiger partial charge in [-0.05, 0) is 58.8 Å². The predicted octanol–water partition coefficient (Wildman–Crippen LogP) is 3.20. The maximum atomic E-state index is 6.12. The maximum absolute atomic E-state index is 6.12. The second-order valence-electron chi connectivity index (χ2n) is 5.84. The van der Waals surface area contributed by atoms with E-state index in [0.717, 1.165) is 50.5 Å². The number of aromatic nitrogens is 2. The molecule has 4 nitrogen and oxygen atoms in total. The Bertz CT molecular complexity index is 481. The highest BCUT2D eigenvalue weighted by atomic mass is 16.5. The Morgan fingerprint density at radius 1 is 1.10 bits per heavy atom. The number of hydrogen-bond acceptors (Lipinski definition) is 4. The average Bonchev–Trinajstić information content (AvgIpc) is 3.08. The molecule has 0 spiro atoms. The lowest BCUT2D eigenvalue weighted by atomic mass is 10.0. The quantitative estimate of drug-likeness (QED) is 0.896. The fraction of sp³-hybridized carbons (Fsp3) is 0.750. The van der Waals surface area contributed by atoms with E-state index in [2.05, 4.69) is 19.2 Å². The van der Waals surface area contributed by atoms with Gasteiger partial charge in [0.1, 0.15) is 11.4 Å². The number of fused-ring (bicyclic) bond motifs is 1. The summed E-state index contributed by atoms with van der Waals surface area (Å²) < 4.78 is 6.12. The van der Waals surface area contributed by atoms with Gasteiger partial charge in [-0.15, -0.1) is 0 Å². The van der Waals surface area contributed by atoms with Crippen LogP contribution in [0, 0.1) is 0 Å². The summed E-state index contributed by atoms with van der Waals surface area (Å²) >= 11 is 0. The van der Waals surface area contributed by atoms with Crippen molar-refractivity contribution in [3.63, 3.8) is 0 Å². The number of aryl methyl sites for hydroxylation is 1. The minimum atomic E-state index is -0.226. The molecule has 0 aliphatic heterocycles. The molecule has 4 heteroatoms. The fourth-order valence-electron chi connectivity index (χ4n) is 3.60. The monoisotopic (exact) mass is 275 g/mol. The van der Waals surface area contributed by atoms with Gasteiger partial charge in [0, 0.05) is 24.4 Å². The first-order chi connectivity index (χ1) is 9.79. The van der Waals surface area contributed by atoms with Gasteiger partial charge >= 0.3 is 0 Å². The summed E-state index contributed by atoms with van der Waals surface area (Å²) in [5, 5.41) is 3.42. The standard InChI is InChI=1S/C16H25N3O/c1-3-17-14-12-8-7-9-13(12)18-15(19-14)16(20-4-2)10-5-6-11-16/h3-11H2,1-2H3,(H,17,18,19). The van der Waals surface area contributed by atoms with Gasteiger partial charge in [0.05, 0.1) is 0 Å². The van der Waals surface area contributed by atoms with Crippen LogP contribution in [0.25, 0.3) is 0 Å². The third-order valence-electron chi connectivity index (χ3n) is 4.52. The molecule has 110 valence electrons. The SMILES string of the molecule is CCNc1nc(C2(OCC)CCCC2)nc2c1CCC2. The second-order valence-corrected chi connectivity index (χ2v) is 5.84. The van der Waals surface area contributed by atoms with E-state index in [9.17, 15) is 0 Å². The molecule has 0 amide bonds. The summed E-state index contributed by atoms with van der Waals surface area (Å²) in [6.07, 6.45) is 7.96. The second kappa shape index (κ2) is 5.68. The molecule has 1 saturated carbocycles. The van der Waals surface area contributed by atoms with E-state index in [1.807, 2.05) is 0 Å². The van der Waals surface area contributed by atoms with Crippen molar-refractivity contribution in [1.29, 1.82) is 0 Å². The molecule has 3 rings (SSSR count). The zero-order chi connectivity index (χ0) is 14.0. The van der Waals surface area contributed by atoms with Gasteiger partial charge in [0.25, 0.3) is 0 Å². The van der Waals surface area contributed by atoms with Crippen LogP contribution in [-0.4, -0.2) is 23.1 Å². The molecule has 1 N–H and O–H groups in total. The average molecular weight is 275 g/mol. The van der Waals surface area contributed by atoms with Gasteiger partial charge in [0.15, 0.2) is 5.82 Å². The van der Waals surface area contributed by atoms with E-state index in [1.165, 1.54) is 30.5 Å². The smallest absolute Gasteiger partial charge is 0.162 e. The van der Waals surface area contributed by atoms with Crippen LogP contribution < -0.4 is 5.32 Å². The number of rotatable bonds is 5. The third-order valence-corrected chi connectivity index (χ3v) is 4.52. The van der Waals surface area contributed by atoms with Gasteiger partial charge in [0.2, 0.25) is 0 Å². The van der Waals surface area contributed by atoms with Crippen molar-refractivity contribution in [3.05, 3.63) is 17.1 Å². The number of nitrogens with zero attached hydrogens (tertiary/aromatic N) is 2. The Balaban J connectivity index is 2.02. The van der Waals surface area contributed by atoms with E-state index in [4.69, 9.17) is 14.7 Å². The Labute approximate surface area is 121 Å². The van der Waals surface area contributed by atoms with E-state index >= 15 is 0 Å². The largest absolute Gasteiger partial charge is 0.370 e. The van der Waals surface area contributed by atoms with Gasteiger partial charge in [-0.2, -0.15) is 0 Å². The molecule has 0 bridgehead atoms. The molecule has 1 aromatic heterocycles. The van der Waals surface area contributed by atoms with E-state index in [1.54, 1.807) is 0 Å². The normalized spacial score (nSPS) is 20.1. The Morgan fingerprint density at radius 3 is 2.60 bits per heavy atom. The summed E-state index contributed by atoms with van der Waals surface area (Å²) in [5.41, 5.74) is 2.36. The van der Waals surface area contributed by atoms with Gasteiger partial charge in [-0.1, -0.05) is 0 Å². The van der Waals surface area contributed by atoms with E-state index in [0.29, 0.717) is 0 Å². The molecule has 2 aliphatic carbocycles. The summed E-state index contributed by atoms with van der Waals surface area (Å²) in [6, 6.07) is 0. The molecule has 0 atom stereocenters. The van der Waals surface area contributed by atoms with Crippen LogP contribution in [0.5, 0.6) is 0 Å². The summed E-state index contributed by atoms with van der Waals surface area (Å²) in [5.74, 6) is 1.98. The molecular weight excluding hydrogens is 250 g/mol. The number of hydrogen-bond donors (Lipinski definition) is 1. The van der Waals surface area contributed by atoms with Crippen molar-refractivity contribution < 1.29 is 4.74 Å². The zero-order valence-electron chi connectivity index (χ0n) is 12.7. The van der Waals surface area contributed by atoms with Gasteiger partial charge < -0.3 is 10.1 Å². The van der Waals surface area contributed by atoms with Crippen molar-refractivity contribution in [2.45, 2.75) is 64.4 Å². The van der Waals surface area contributed by atoms with Crippen molar-refractivity contribution in [1.82, 2.24) is 9.97 Å². The van der Waals surface area contributed by atoms with Gasteiger partial charge in [-0.3, -0.25) is 0 Å². The molecule has 0 unspecified atom stereocenters. The first-order valence-electron chi connectivity index (χ1n) is 8.07. The van der Waals surface area contributed by atoms with Crippen molar-refractivity contribution in [3.8, 4) is 0 Å². The minimum Gasteiger partial charge on any atom is -0.370 e. The highest BCUT2D eigenvalue weighted by molar-refractivity contribution is 5.49. The van der Waals surface area contributed by atoms with Crippen molar-refractivity contribution in [2.75, 3.05) is 18.5 Å². The lowest BCUT2D eigenvalue weighted by Crippen LogP contribution is -2.30. The summed E-state index contributed by atoms with van der Waals surface area (Å²) in [6.45, 7) is 5.83. The molecule has 0 radical (unpaired) electrons. The van der Waals surface area contributed by atoms with Crippen molar-refractivity contribution in [2.24, 2.45) is 0 Å². The molecule has 0 saturated heterocycles. The molecule has 2 aliphatic rings. The minimum absolute atomic E-state index is 0.226. The van der Waals surface area contributed by atoms with Crippen LogP contribution >= 0.6 is 0 Å². The van der Waals surface area contributed by atoms with Crippen LogP contribution in [0.2, 0.25) is 0 Å². The van der Waals surface area contributed by atoms with Crippen molar-refractivity contribution >= 4 is 5.82 Å². The Hall–Kier alpha value is -1.16. The first kappa shape index (κ1) is 13.8. The molecule has 1 fully saturated rings. The molecule has 1 aromatic rings.